The van der Waals surface area contributed by atoms with E-state index in [0.29, 0.717) is 13.2 Å². The molecule has 3 rings (SSSR count). The molecule has 1 atom stereocenters. The molecule has 1 fully saturated rings. The van der Waals surface area contributed by atoms with Gasteiger partial charge in [-0.1, -0.05) is 18.6 Å². The number of aromatic amines is 1. The molecule has 0 bridgehead atoms. The van der Waals surface area contributed by atoms with Crippen LogP contribution in [0.5, 0.6) is 5.75 Å². The number of ether oxygens (including phenoxy) is 1. The van der Waals surface area contributed by atoms with Crippen LogP contribution >= 0.6 is 0 Å². The number of amides is 1. The number of aromatic nitrogens is 2. The Morgan fingerprint density at radius 1 is 1.42 bits per heavy atom. The molecule has 1 aliphatic rings. The predicted molar refractivity (Wildman–Crippen MR) is 92.9 cm³/mol. The Labute approximate surface area is 142 Å². The van der Waals surface area contributed by atoms with E-state index in [1.54, 1.807) is 0 Å². The molecule has 1 aliphatic heterocycles. The maximum atomic E-state index is 12.0. The predicted octanol–water partition coefficient (Wildman–Crippen LogP) is 2.02. The Bertz CT molecular complexity index is 677. The summed E-state index contributed by atoms with van der Waals surface area (Å²) < 4.78 is 5.76. The highest BCUT2D eigenvalue weighted by Crippen LogP contribution is 2.25. The van der Waals surface area contributed by atoms with E-state index < -0.39 is 0 Å². The van der Waals surface area contributed by atoms with Gasteiger partial charge in [0.05, 0.1) is 18.8 Å². The van der Waals surface area contributed by atoms with E-state index in [1.807, 2.05) is 37.4 Å². The van der Waals surface area contributed by atoms with Crippen LogP contribution < -0.4 is 15.4 Å². The van der Waals surface area contributed by atoms with Crippen LogP contribution in [0.1, 0.15) is 25.0 Å². The van der Waals surface area contributed by atoms with Crippen LogP contribution in [-0.4, -0.2) is 41.8 Å². The van der Waals surface area contributed by atoms with E-state index in [-0.39, 0.29) is 11.9 Å². The fourth-order valence-electron chi connectivity index (χ4n) is 2.94. The molecular weight excluding hydrogens is 304 g/mol. The maximum Gasteiger partial charge on any atom is 0.237 e. The Morgan fingerprint density at radius 3 is 3.08 bits per heavy atom. The number of carbonyl (C=O) groups is 1. The maximum absolute atomic E-state index is 12.0. The van der Waals surface area contributed by atoms with Gasteiger partial charge < -0.3 is 15.4 Å². The van der Waals surface area contributed by atoms with Crippen molar-refractivity contribution >= 4 is 5.91 Å². The first-order chi connectivity index (χ1) is 11.7. The minimum Gasteiger partial charge on any atom is -0.492 e. The average molecular weight is 328 g/mol. The second kappa shape index (κ2) is 7.97. The number of hydrogen-bond acceptors (Lipinski definition) is 4. The lowest BCUT2D eigenvalue weighted by atomic mass is 10.0. The number of benzene rings is 1. The van der Waals surface area contributed by atoms with Crippen LogP contribution in [0.4, 0.5) is 0 Å². The third-order valence-corrected chi connectivity index (χ3v) is 4.27. The highest BCUT2D eigenvalue weighted by molar-refractivity contribution is 5.81. The Morgan fingerprint density at radius 2 is 2.33 bits per heavy atom. The van der Waals surface area contributed by atoms with E-state index in [9.17, 15) is 4.79 Å². The van der Waals surface area contributed by atoms with Crippen LogP contribution in [0.3, 0.4) is 0 Å². The molecule has 1 saturated heterocycles. The largest absolute Gasteiger partial charge is 0.492 e. The minimum absolute atomic E-state index is 0.0499. The van der Waals surface area contributed by atoms with Gasteiger partial charge in [-0.15, -0.1) is 0 Å². The number of aryl methyl sites for hydroxylation is 1. The molecule has 1 aromatic heterocycles. The number of hydrogen-bond donors (Lipinski definition) is 3. The Kier molecular flexibility index (Phi) is 5.48. The van der Waals surface area contributed by atoms with Crippen LogP contribution in [0.25, 0.3) is 11.1 Å². The fraction of sp³-hybridized carbons (Fsp3) is 0.444. The summed E-state index contributed by atoms with van der Waals surface area (Å²) in [6, 6.07) is 7.85. The highest BCUT2D eigenvalue weighted by Gasteiger charge is 2.19. The molecule has 128 valence electrons. The zero-order valence-electron chi connectivity index (χ0n) is 14.0. The molecule has 6 nitrogen and oxygen atoms in total. The lowest BCUT2D eigenvalue weighted by molar-refractivity contribution is -0.123. The standard InChI is InChI=1S/C18H24N4O2/c1-13-16(12-21-22-13)14-5-4-6-15(11-14)24-10-9-20-18(23)17-7-2-3-8-19-17/h4-6,11-12,17,19H,2-3,7-10H2,1H3,(H,20,23)(H,21,22)/t17-/m1/s1. The first-order valence-corrected chi connectivity index (χ1v) is 8.48. The summed E-state index contributed by atoms with van der Waals surface area (Å²) in [5.74, 6) is 0.860. The molecule has 6 heteroatoms. The Hall–Kier alpha value is -2.34. The SMILES string of the molecule is Cc1[nH]ncc1-c1cccc(OCCNC(=O)[C@H]2CCCCN2)c1. The number of carbonyl (C=O) groups excluding carboxylic acids is 1. The quantitative estimate of drug-likeness (QED) is 0.709. The number of rotatable bonds is 6. The second-order valence-electron chi connectivity index (χ2n) is 6.08. The average Bonchev–Trinajstić information content (AvgIpc) is 3.05. The first kappa shape index (κ1) is 16.5. The topological polar surface area (TPSA) is 79.0 Å². The summed E-state index contributed by atoms with van der Waals surface area (Å²) >= 11 is 0. The number of nitrogens with zero attached hydrogens (tertiary/aromatic N) is 1. The van der Waals surface area contributed by atoms with Gasteiger partial charge in [-0.2, -0.15) is 5.10 Å². The molecule has 2 heterocycles. The van der Waals surface area contributed by atoms with Gasteiger partial charge in [0.1, 0.15) is 12.4 Å². The molecule has 0 saturated carbocycles. The van der Waals surface area contributed by atoms with Gasteiger partial charge in [0, 0.05) is 11.3 Å². The molecule has 24 heavy (non-hydrogen) atoms. The molecule has 1 aromatic carbocycles. The van der Waals surface area contributed by atoms with Gasteiger partial charge in [0.15, 0.2) is 0 Å². The van der Waals surface area contributed by atoms with Crippen molar-refractivity contribution in [2.75, 3.05) is 19.7 Å². The van der Waals surface area contributed by atoms with E-state index in [1.165, 1.54) is 0 Å². The van der Waals surface area contributed by atoms with Crippen molar-refractivity contribution in [3.8, 4) is 16.9 Å². The van der Waals surface area contributed by atoms with Gasteiger partial charge in [0.25, 0.3) is 0 Å². The van der Waals surface area contributed by atoms with Crippen molar-refractivity contribution in [3.05, 3.63) is 36.2 Å². The first-order valence-electron chi connectivity index (χ1n) is 8.48. The summed E-state index contributed by atoms with van der Waals surface area (Å²) in [6.45, 7) is 3.87. The summed E-state index contributed by atoms with van der Waals surface area (Å²) in [6.07, 6.45) is 4.99. The monoisotopic (exact) mass is 328 g/mol. The van der Waals surface area contributed by atoms with Gasteiger partial charge in [-0.25, -0.2) is 0 Å². The van der Waals surface area contributed by atoms with E-state index in [4.69, 9.17) is 4.74 Å². The summed E-state index contributed by atoms with van der Waals surface area (Å²) in [7, 11) is 0. The smallest absolute Gasteiger partial charge is 0.237 e. The van der Waals surface area contributed by atoms with Crippen molar-refractivity contribution in [2.45, 2.75) is 32.2 Å². The van der Waals surface area contributed by atoms with E-state index >= 15 is 0 Å². The lowest BCUT2D eigenvalue weighted by Gasteiger charge is -2.22. The normalized spacial score (nSPS) is 17.5. The van der Waals surface area contributed by atoms with Gasteiger partial charge in [-0.3, -0.25) is 9.89 Å². The van der Waals surface area contributed by atoms with Gasteiger partial charge >= 0.3 is 0 Å². The van der Waals surface area contributed by atoms with Crippen LogP contribution in [0.2, 0.25) is 0 Å². The second-order valence-corrected chi connectivity index (χ2v) is 6.08. The van der Waals surface area contributed by atoms with E-state index in [0.717, 1.165) is 48.4 Å². The van der Waals surface area contributed by atoms with Crippen molar-refractivity contribution in [3.63, 3.8) is 0 Å². The molecular formula is C18H24N4O2. The third kappa shape index (κ3) is 4.14. The molecule has 0 unspecified atom stereocenters. The molecule has 3 N–H and O–H groups in total. The van der Waals surface area contributed by atoms with Crippen LogP contribution in [0, 0.1) is 6.92 Å². The van der Waals surface area contributed by atoms with Gasteiger partial charge in [0.2, 0.25) is 5.91 Å². The molecule has 0 aliphatic carbocycles. The zero-order valence-corrected chi connectivity index (χ0v) is 14.0. The molecule has 0 spiro atoms. The molecule has 1 amide bonds. The Balaban J connectivity index is 1.47. The number of piperidine rings is 1. The van der Waals surface area contributed by atoms with Crippen molar-refractivity contribution in [2.24, 2.45) is 0 Å². The third-order valence-electron chi connectivity index (χ3n) is 4.27. The van der Waals surface area contributed by atoms with Crippen molar-refractivity contribution in [1.82, 2.24) is 20.8 Å². The van der Waals surface area contributed by atoms with Gasteiger partial charge in [-0.05, 0) is 44.0 Å². The minimum atomic E-state index is -0.0499. The zero-order chi connectivity index (χ0) is 16.8. The fourth-order valence-corrected chi connectivity index (χ4v) is 2.94. The van der Waals surface area contributed by atoms with Crippen LogP contribution in [0.15, 0.2) is 30.5 Å². The number of H-pyrrole nitrogens is 1. The highest BCUT2D eigenvalue weighted by atomic mass is 16.5. The van der Waals surface area contributed by atoms with E-state index in [2.05, 4.69) is 20.8 Å². The summed E-state index contributed by atoms with van der Waals surface area (Å²) in [5, 5.41) is 13.2. The summed E-state index contributed by atoms with van der Waals surface area (Å²) in [5.41, 5.74) is 3.16. The van der Waals surface area contributed by atoms with Crippen molar-refractivity contribution < 1.29 is 9.53 Å². The van der Waals surface area contributed by atoms with Crippen LogP contribution in [-0.2, 0) is 4.79 Å². The van der Waals surface area contributed by atoms with Crippen molar-refractivity contribution in [1.29, 1.82) is 0 Å². The number of nitrogens with one attached hydrogen (secondary N) is 3. The molecule has 2 aromatic rings. The lowest BCUT2D eigenvalue weighted by Crippen LogP contribution is -2.47. The molecule has 0 radical (unpaired) electrons. The summed E-state index contributed by atoms with van der Waals surface area (Å²) in [4.78, 5) is 12.0.